The Balaban J connectivity index is 1.92. The Kier molecular flexibility index (Phi) is 3.63. The average Bonchev–Trinajstić information content (AvgIpc) is 2.92. The highest BCUT2D eigenvalue weighted by molar-refractivity contribution is 5.93. The predicted molar refractivity (Wildman–Crippen MR) is 82.7 cm³/mol. The Labute approximate surface area is 118 Å². The molecule has 0 aliphatic rings. The van der Waals surface area contributed by atoms with E-state index in [0.29, 0.717) is 0 Å². The molecule has 0 saturated carbocycles. The van der Waals surface area contributed by atoms with E-state index in [9.17, 15) is 0 Å². The lowest BCUT2D eigenvalue weighted by molar-refractivity contribution is 0.831. The van der Waals surface area contributed by atoms with Crippen molar-refractivity contribution in [1.29, 1.82) is 0 Å². The summed E-state index contributed by atoms with van der Waals surface area (Å²) in [6, 6.07) is 8.16. The van der Waals surface area contributed by atoms with E-state index in [0.717, 1.165) is 40.9 Å². The van der Waals surface area contributed by atoms with Gasteiger partial charge in [0.2, 0.25) is 0 Å². The van der Waals surface area contributed by atoms with E-state index in [4.69, 9.17) is 0 Å². The van der Waals surface area contributed by atoms with Crippen LogP contribution in [0, 0.1) is 0 Å². The normalized spacial score (nSPS) is 10.8. The van der Waals surface area contributed by atoms with E-state index in [-0.39, 0.29) is 0 Å². The molecule has 0 atom stereocenters. The van der Waals surface area contributed by atoms with Crippen molar-refractivity contribution in [2.75, 3.05) is 11.9 Å². The van der Waals surface area contributed by atoms with Crippen LogP contribution in [0.2, 0.25) is 0 Å². The summed E-state index contributed by atoms with van der Waals surface area (Å²) in [5, 5.41) is 4.50. The topological polar surface area (TPSA) is 53.6 Å². The molecule has 20 heavy (non-hydrogen) atoms. The maximum atomic E-state index is 4.36. The lowest BCUT2D eigenvalue weighted by Crippen LogP contribution is -2.02. The molecule has 0 aromatic carbocycles. The van der Waals surface area contributed by atoms with Crippen molar-refractivity contribution in [3.05, 3.63) is 42.9 Å². The summed E-state index contributed by atoms with van der Waals surface area (Å²) < 4.78 is 0. The number of anilines is 1. The minimum absolute atomic E-state index is 0.916. The molecule has 0 radical (unpaired) electrons. The summed E-state index contributed by atoms with van der Waals surface area (Å²) in [5.41, 5.74) is 3.23. The van der Waals surface area contributed by atoms with Crippen LogP contribution in [0.5, 0.6) is 0 Å². The van der Waals surface area contributed by atoms with Gasteiger partial charge in [0.05, 0.1) is 0 Å². The molecule has 0 amide bonds. The molecule has 0 saturated heterocycles. The van der Waals surface area contributed by atoms with Crippen LogP contribution in [0.1, 0.15) is 19.8 Å². The lowest BCUT2D eigenvalue weighted by Gasteiger charge is -2.06. The van der Waals surface area contributed by atoms with Gasteiger partial charge in [-0.1, -0.05) is 13.3 Å². The molecule has 0 fully saturated rings. The molecule has 3 rings (SSSR count). The maximum Gasteiger partial charge on any atom is 0.137 e. The molecule has 2 N–H and O–H groups in total. The fraction of sp³-hybridized carbons (Fsp3) is 0.250. The van der Waals surface area contributed by atoms with E-state index >= 15 is 0 Å². The van der Waals surface area contributed by atoms with Crippen molar-refractivity contribution in [2.45, 2.75) is 19.8 Å². The number of nitrogens with zero attached hydrogens (tertiary/aromatic N) is 2. The third-order valence-corrected chi connectivity index (χ3v) is 3.36. The van der Waals surface area contributed by atoms with Crippen LogP contribution in [-0.4, -0.2) is 21.5 Å². The first-order valence-electron chi connectivity index (χ1n) is 7.01. The number of rotatable bonds is 5. The number of pyridine rings is 2. The highest BCUT2D eigenvalue weighted by atomic mass is 15.0. The minimum Gasteiger partial charge on any atom is -0.370 e. The van der Waals surface area contributed by atoms with Gasteiger partial charge in [-0.2, -0.15) is 0 Å². The molecular formula is C16H18N4. The Morgan fingerprint density at radius 1 is 1.20 bits per heavy atom. The van der Waals surface area contributed by atoms with E-state index in [1.165, 1.54) is 6.42 Å². The number of aromatic amines is 1. The summed E-state index contributed by atoms with van der Waals surface area (Å²) in [7, 11) is 0. The predicted octanol–water partition coefficient (Wildman–Crippen LogP) is 3.84. The van der Waals surface area contributed by atoms with Crippen LogP contribution in [0.4, 0.5) is 5.82 Å². The smallest absolute Gasteiger partial charge is 0.137 e. The Morgan fingerprint density at radius 2 is 2.15 bits per heavy atom. The first-order chi connectivity index (χ1) is 9.88. The van der Waals surface area contributed by atoms with Crippen molar-refractivity contribution in [3.63, 3.8) is 0 Å². The molecule has 102 valence electrons. The van der Waals surface area contributed by atoms with E-state index in [1.54, 1.807) is 6.20 Å². The highest BCUT2D eigenvalue weighted by Gasteiger charge is 2.07. The fourth-order valence-electron chi connectivity index (χ4n) is 2.28. The van der Waals surface area contributed by atoms with Gasteiger partial charge in [-0.05, 0) is 36.2 Å². The maximum absolute atomic E-state index is 4.36. The molecule has 3 heterocycles. The van der Waals surface area contributed by atoms with Gasteiger partial charge in [0.25, 0.3) is 0 Å². The minimum atomic E-state index is 0.916. The number of hydrogen-bond acceptors (Lipinski definition) is 3. The molecule has 0 spiro atoms. The SMILES string of the molecule is CCCCNc1cc(-c2c[nH]c3ncccc23)ccn1. The largest absolute Gasteiger partial charge is 0.370 e. The lowest BCUT2D eigenvalue weighted by atomic mass is 10.1. The van der Waals surface area contributed by atoms with Crippen LogP contribution in [0.3, 0.4) is 0 Å². The third kappa shape index (κ3) is 2.50. The molecule has 3 aromatic heterocycles. The van der Waals surface area contributed by atoms with Gasteiger partial charge < -0.3 is 10.3 Å². The fourth-order valence-corrected chi connectivity index (χ4v) is 2.28. The molecule has 0 unspecified atom stereocenters. The van der Waals surface area contributed by atoms with Gasteiger partial charge in [-0.15, -0.1) is 0 Å². The van der Waals surface area contributed by atoms with Crippen molar-refractivity contribution < 1.29 is 0 Å². The highest BCUT2D eigenvalue weighted by Crippen LogP contribution is 2.28. The number of hydrogen-bond donors (Lipinski definition) is 2. The van der Waals surface area contributed by atoms with Crippen LogP contribution in [0.25, 0.3) is 22.2 Å². The molecule has 0 aliphatic heterocycles. The van der Waals surface area contributed by atoms with Crippen LogP contribution in [0.15, 0.2) is 42.9 Å². The zero-order chi connectivity index (χ0) is 13.8. The van der Waals surface area contributed by atoms with Gasteiger partial charge in [-0.25, -0.2) is 9.97 Å². The number of fused-ring (bicyclic) bond motifs is 1. The van der Waals surface area contributed by atoms with Crippen molar-refractivity contribution in [1.82, 2.24) is 15.0 Å². The monoisotopic (exact) mass is 266 g/mol. The third-order valence-electron chi connectivity index (χ3n) is 3.36. The van der Waals surface area contributed by atoms with Gasteiger partial charge in [0.15, 0.2) is 0 Å². The summed E-state index contributed by atoms with van der Waals surface area (Å²) in [6.45, 7) is 3.15. The number of aromatic nitrogens is 3. The zero-order valence-electron chi connectivity index (χ0n) is 11.6. The van der Waals surface area contributed by atoms with Crippen molar-refractivity contribution in [3.8, 4) is 11.1 Å². The summed E-state index contributed by atoms with van der Waals surface area (Å²) >= 11 is 0. The van der Waals surface area contributed by atoms with Crippen LogP contribution in [-0.2, 0) is 0 Å². The summed E-state index contributed by atoms with van der Waals surface area (Å²) in [5.74, 6) is 0.925. The molecule has 3 aromatic rings. The molecule has 4 heteroatoms. The average molecular weight is 266 g/mol. The number of H-pyrrole nitrogens is 1. The zero-order valence-corrected chi connectivity index (χ0v) is 11.6. The van der Waals surface area contributed by atoms with Gasteiger partial charge in [0, 0.05) is 36.1 Å². The summed E-state index contributed by atoms with van der Waals surface area (Å²) in [6.07, 6.45) is 7.98. The quantitative estimate of drug-likeness (QED) is 0.690. The van der Waals surface area contributed by atoms with Gasteiger partial charge >= 0.3 is 0 Å². The van der Waals surface area contributed by atoms with E-state index in [2.05, 4.69) is 39.3 Å². The molecular weight excluding hydrogens is 248 g/mol. The number of nitrogens with one attached hydrogen (secondary N) is 2. The number of unbranched alkanes of at least 4 members (excludes halogenated alkanes) is 1. The van der Waals surface area contributed by atoms with E-state index < -0.39 is 0 Å². The van der Waals surface area contributed by atoms with Crippen molar-refractivity contribution >= 4 is 16.9 Å². The first kappa shape index (κ1) is 12.7. The molecule has 0 bridgehead atoms. The Morgan fingerprint density at radius 3 is 3.05 bits per heavy atom. The van der Waals surface area contributed by atoms with E-state index in [1.807, 2.05) is 24.5 Å². The Bertz CT molecular complexity index is 702. The second-order valence-corrected chi connectivity index (χ2v) is 4.81. The Hall–Kier alpha value is -2.36. The second kappa shape index (κ2) is 5.74. The van der Waals surface area contributed by atoms with Gasteiger partial charge in [0.1, 0.15) is 11.5 Å². The molecule has 0 aliphatic carbocycles. The second-order valence-electron chi connectivity index (χ2n) is 4.81. The first-order valence-corrected chi connectivity index (χ1v) is 7.01. The summed E-state index contributed by atoms with van der Waals surface area (Å²) in [4.78, 5) is 11.9. The van der Waals surface area contributed by atoms with Crippen LogP contribution >= 0.6 is 0 Å². The van der Waals surface area contributed by atoms with Crippen molar-refractivity contribution in [2.24, 2.45) is 0 Å². The standard InChI is InChI=1S/C16H18N4/c1-2-3-7-17-15-10-12(6-9-18-15)14-11-20-16-13(14)5-4-8-19-16/h4-6,8-11H,2-3,7H2,1H3,(H,17,18)(H,19,20). The van der Waals surface area contributed by atoms with Gasteiger partial charge in [-0.3, -0.25) is 0 Å². The van der Waals surface area contributed by atoms with Crippen LogP contribution < -0.4 is 5.32 Å². The molecule has 4 nitrogen and oxygen atoms in total.